The van der Waals surface area contributed by atoms with E-state index in [4.69, 9.17) is 0 Å². The van der Waals surface area contributed by atoms with E-state index in [2.05, 4.69) is 4.99 Å². The predicted molar refractivity (Wildman–Crippen MR) is 52.9 cm³/mol. The number of halogens is 2. The molecule has 0 fully saturated rings. The molecule has 3 nitrogen and oxygen atoms in total. The summed E-state index contributed by atoms with van der Waals surface area (Å²) >= 11 is 0. The van der Waals surface area contributed by atoms with E-state index in [0.29, 0.717) is 6.07 Å². The SMILES string of the molecule is CN(C)/C=N/C(=O)c1ccc(F)cc1F. The first-order valence-electron chi connectivity index (χ1n) is 4.20. The van der Waals surface area contributed by atoms with Gasteiger partial charge in [-0.3, -0.25) is 4.79 Å². The van der Waals surface area contributed by atoms with Gasteiger partial charge in [-0.15, -0.1) is 0 Å². The molecule has 0 N–H and O–H groups in total. The van der Waals surface area contributed by atoms with Gasteiger partial charge in [-0.25, -0.2) is 8.78 Å². The summed E-state index contributed by atoms with van der Waals surface area (Å²) < 4.78 is 25.6. The highest BCUT2D eigenvalue weighted by molar-refractivity contribution is 5.98. The van der Waals surface area contributed by atoms with Crippen LogP contribution in [-0.2, 0) is 0 Å². The Kier molecular flexibility index (Phi) is 3.49. The molecule has 1 amide bonds. The molecule has 0 bridgehead atoms. The van der Waals surface area contributed by atoms with Gasteiger partial charge in [-0.05, 0) is 12.1 Å². The van der Waals surface area contributed by atoms with Gasteiger partial charge in [0.15, 0.2) is 0 Å². The molecule has 80 valence electrons. The van der Waals surface area contributed by atoms with Crippen LogP contribution in [0.15, 0.2) is 23.2 Å². The number of benzene rings is 1. The number of hydrogen-bond acceptors (Lipinski definition) is 1. The Bertz CT molecular complexity index is 402. The highest BCUT2D eigenvalue weighted by Gasteiger charge is 2.10. The Hall–Kier alpha value is -1.78. The maximum atomic E-state index is 13.1. The highest BCUT2D eigenvalue weighted by Crippen LogP contribution is 2.10. The average molecular weight is 212 g/mol. The summed E-state index contributed by atoms with van der Waals surface area (Å²) in [5.74, 6) is -2.36. The third-order valence-corrected chi connectivity index (χ3v) is 1.57. The zero-order valence-corrected chi connectivity index (χ0v) is 8.37. The molecule has 0 radical (unpaired) electrons. The van der Waals surface area contributed by atoms with Crippen molar-refractivity contribution in [2.75, 3.05) is 14.1 Å². The van der Waals surface area contributed by atoms with E-state index < -0.39 is 17.5 Å². The lowest BCUT2D eigenvalue weighted by atomic mass is 10.2. The fraction of sp³-hybridized carbons (Fsp3) is 0.200. The summed E-state index contributed by atoms with van der Waals surface area (Å²) in [6, 6.07) is 2.74. The first-order chi connectivity index (χ1) is 7.00. The Morgan fingerprint density at radius 1 is 1.40 bits per heavy atom. The Labute approximate surface area is 86.0 Å². The topological polar surface area (TPSA) is 32.7 Å². The molecule has 0 aliphatic rings. The molecule has 0 unspecified atom stereocenters. The second kappa shape index (κ2) is 4.63. The smallest absolute Gasteiger partial charge is 0.281 e. The molecule has 0 saturated carbocycles. The van der Waals surface area contributed by atoms with Crippen molar-refractivity contribution in [3.8, 4) is 0 Å². The van der Waals surface area contributed by atoms with Crippen LogP contribution in [0, 0.1) is 11.6 Å². The Morgan fingerprint density at radius 2 is 2.07 bits per heavy atom. The minimum atomic E-state index is -0.907. The standard InChI is InChI=1S/C10H10F2N2O/c1-14(2)6-13-10(15)8-4-3-7(11)5-9(8)12/h3-6H,1-2H3/b13-6+. The minimum absolute atomic E-state index is 0.241. The van der Waals surface area contributed by atoms with E-state index in [0.717, 1.165) is 12.1 Å². The van der Waals surface area contributed by atoms with Gasteiger partial charge >= 0.3 is 0 Å². The van der Waals surface area contributed by atoms with E-state index in [1.54, 1.807) is 19.0 Å². The van der Waals surface area contributed by atoms with Gasteiger partial charge in [-0.1, -0.05) is 0 Å². The van der Waals surface area contributed by atoms with Gasteiger partial charge in [-0.2, -0.15) is 4.99 Å². The third-order valence-electron chi connectivity index (χ3n) is 1.57. The lowest BCUT2D eigenvalue weighted by Crippen LogP contribution is -2.10. The molecule has 1 rings (SSSR count). The van der Waals surface area contributed by atoms with Crippen molar-refractivity contribution in [1.82, 2.24) is 4.90 Å². The van der Waals surface area contributed by atoms with Crippen molar-refractivity contribution in [2.45, 2.75) is 0 Å². The number of carbonyl (C=O) groups excluding carboxylic acids is 1. The summed E-state index contributed by atoms with van der Waals surface area (Å²) in [7, 11) is 3.36. The number of amides is 1. The molecule has 0 saturated heterocycles. The van der Waals surface area contributed by atoms with Crippen LogP contribution in [0.3, 0.4) is 0 Å². The fourth-order valence-electron chi connectivity index (χ4n) is 0.900. The molecule has 5 heteroatoms. The number of aliphatic imine (C=N–C) groups is 1. The third kappa shape index (κ3) is 3.12. The van der Waals surface area contributed by atoms with Crippen LogP contribution < -0.4 is 0 Å². The summed E-state index contributed by atoms with van der Waals surface area (Å²) in [5, 5.41) is 0. The summed E-state index contributed by atoms with van der Waals surface area (Å²) in [4.78, 5) is 16.3. The van der Waals surface area contributed by atoms with E-state index in [-0.39, 0.29) is 5.56 Å². The fourth-order valence-corrected chi connectivity index (χ4v) is 0.900. The van der Waals surface area contributed by atoms with Crippen LogP contribution in [0.5, 0.6) is 0 Å². The normalized spacial score (nSPS) is 10.7. The number of nitrogens with zero attached hydrogens (tertiary/aromatic N) is 2. The summed E-state index contributed by atoms with van der Waals surface area (Å²) in [6.07, 6.45) is 1.26. The van der Waals surface area contributed by atoms with E-state index in [1.807, 2.05) is 0 Å². The Morgan fingerprint density at radius 3 is 2.60 bits per heavy atom. The summed E-state index contributed by atoms with van der Waals surface area (Å²) in [6.45, 7) is 0. The minimum Gasteiger partial charge on any atom is -0.369 e. The maximum absolute atomic E-state index is 13.1. The number of hydrogen-bond donors (Lipinski definition) is 0. The van der Waals surface area contributed by atoms with E-state index in [1.165, 1.54) is 6.34 Å². The monoisotopic (exact) mass is 212 g/mol. The average Bonchev–Trinajstić information content (AvgIpc) is 2.14. The Balaban J connectivity index is 2.92. The van der Waals surface area contributed by atoms with E-state index >= 15 is 0 Å². The first kappa shape index (κ1) is 11.3. The van der Waals surface area contributed by atoms with Gasteiger partial charge in [0.25, 0.3) is 5.91 Å². The van der Waals surface area contributed by atoms with E-state index in [9.17, 15) is 13.6 Å². The van der Waals surface area contributed by atoms with Gasteiger partial charge in [0.05, 0.1) is 11.9 Å². The lowest BCUT2D eigenvalue weighted by Gasteiger charge is -2.02. The molecular weight excluding hydrogens is 202 g/mol. The van der Waals surface area contributed by atoms with Crippen LogP contribution in [0.4, 0.5) is 8.78 Å². The quantitative estimate of drug-likeness (QED) is 0.552. The zero-order chi connectivity index (χ0) is 11.4. The van der Waals surface area contributed by atoms with Crippen molar-refractivity contribution in [3.63, 3.8) is 0 Å². The highest BCUT2D eigenvalue weighted by atomic mass is 19.1. The van der Waals surface area contributed by atoms with Crippen LogP contribution in [0.25, 0.3) is 0 Å². The van der Waals surface area contributed by atoms with Gasteiger partial charge in [0.1, 0.15) is 11.6 Å². The maximum Gasteiger partial charge on any atom is 0.281 e. The second-order valence-corrected chi connectivity index (χ2v) is 3.14. The zero-order valence-electron chi connectivity index (χ0n) is 8.37. The van der Waals surface area contributed by atoms with Crippen LogP contribution in [0.1, 0.15) is 10.4 Å². The van der Waals surface area contributed by atoms with Crippen LogP contribution in [0.2, 0.25) is 0 Å². The molecule has 0 aromatic heterocycles. The number of rotatable bonds is 2. The van der Waals surface area contributed by atoms with Crippen LogP contribution >= 0.6 is 0 Å². The second-order valence-electron chi connectivity index (χ2n) is 3.14. The predicted octanol–water partition coefficient (Wildman–Crippen LogP) is 1.69. The molecule has 1 aromatic rings. The molecule has 0 aliphatic heterocycles. The largest absolute Gasteiger partial charge is 0.369 e. The molecule has 0 aliphatic carbocycles. The lowest BCUT2D eigenvalue weighted by molar-refractivity contribution is 0.0998. The van der Waals surface area contributed by atoms with Crippen LogP contribution in [-0.4, -0.2) is 31.2 Å². The van der Waals surface area contributed by atoms with Crippen molar-refractivity contribution in [1.29, 1.82) is 0 Å². The molecule has 1 aromatic carbocycles. The molecule has 0 spiro atoms. The number of carbonyl (C=O) groups is 1. The van der Waals surface area contributed by atoms with Crippen molar-refractivity contribution in [2.24, 2.45) is 4.99 Å². The molecular formula is C10H10F2N2O. The first-order valence-corrected chi connectivity index (χ1v) is 4.20. The van der Waals surface area contributed by atoms with Crippen molar-refractivity contribution < 1.29 is 13.6 Å². The van der Waals surface area contributed by atoms with Gasteiger partial charge < -0.3 is 4.90 Å². The molecule has 0 heterocycles. The van der Waals surface area contributed by atoms with Crippen molar-refractivity contribution >= 4 is 12.2 Å². The summed E-state index contributed by atoms with van der Waals surface area (Å²) in [5.41, 5.74) is -0.241. The van der Waals surface area contributed by atoms with Gasteiger partial charge in [0.2, 0.25) is 0 Å². The molecule has 15 heavy (non-hydrogen) atoms. The van der Waals surface area contributed by atoms with Crippen molar-refractivity contribution in [3.05, 3.63) is 35.4 Å². The van der Waals surface area contributed by atoms with Gasteiger partial charge in [0, 0.05) is 20.2 Å². The molecule has 0 atom stereocenters.